The van der Waals surface area contributed by atoms with Crippen molar-refractivity contribution in [3.63, 3.8) is 0 Å². The van der Waals surface area contributed by atoms with Crippen molar-refractivity contribution in [2.75, 3.05) is 13.2 Å². The molecule has 0 aliphatic heterocycles. The molecule has 0 heterocycles. The first kappa shape index (κ1) is 17.0. The quantitative estimate of drug-likeness (QED) is 0.705. The molecule has 1 aromatic carbocycles. The number of hydrogen-bond donors (Lipinski definition) is 1. The lowest BCUT2D eigenvalue weighted by atomic mass is 9.98. The minimum Gasteiger partial charge on any atom is -0.492 e. The Balaban J connectivity index is 2.60. The van der Waals surface area contributed by atoms with Crippen molar-refractivity contribution in [3.8, 4) is 5.75 Å². The lowest BCUT2D eigenvalue weighted by Crippen LogP contribution is -2.23. The number of benzene rings is 1. The lowest BCUT2D eigenvalue weighted by Gasteiger charge is -2.16. The molecule has 0 fully saturated rings. The summed E-state index contributed by atoms with van der Waals surface area (Å²) in [6.45, 7) is 11.4. The fraction of sp³-hybridized carbons (Fsp3) is 0.600. The summed E-state index contributed by atoms with van der Waals surface area (Å²) in [6, 6.07) is 4.23. The lowest BCUT2D eigenvalue weighted by molar-refractivity contribution is 0.335. The molecule has 0 amide bonds. The van der Waals surface area contributed by atoms with Crippen molar-refractivity contribution in [2.24, 2.45) is 11.8 Å². The molecule has 1 aromatic rings. The summed E-state index contributed by atoms with van der Waals surface area (Å²) in [4.78, 5) is 0. The van der Waals surface area contributed by atoms with Crippen molar-refractivity contribution < 1.29 is 4.74 Å². The Morgan fingerprint density at radius 2 is 1.74 bits per heavy atom. The van der Waals surface area contributed by atoms with E-state index < -0.39 is 0 Å². The minimum atomic E-state index is 0.667. The van der Waals surface area contributed by atoms with Crippen LogP contribution in [-0.2, 0) is 6.54 Å². The molecule has 1 atom stereocenters. The topological polar surface area (TPSA) is 21.3 Å². The standard InChI is InChI=1S/C15H23Br2NO/c1-5-19-15-13(16)6-12(7-14(15)17)9-18-8-11(4)10(2)3/h6-7,10-11,18H,5,8-9H2,1-4H3. The maximum Gasteiger partial charge on any atom is 0.147 e. The molecule has 0 radical (unpaired) electrons. The third kappa shape index (κ3) is 5.44. The monoisotopic (exact) mass is 391 g/mol. The molecule has 0 bridgehead atoms. The zero-order valence-electron chi connectivity index (χ0n) is 12.1. The predicted molar refractivity (Wildman–Crippen MR) is 88.7 cm³/mol. The first-order chi connectivity index (χ1) is 8.95. The van der Waals surface area contributed by atoms with E-state index in [9.17, 15) is 0 Å². The van der Waals surface area contributed by atoms with Gasteiger partial charge in [-0.15, -0.1) is 0 Å². The highest BCUT2D eigenvalue weighted by molar-refractivity contribution is 9.11. The zero-order chi connectivity index (χ0) is 14.4. The molecular formula is C15H23Br2NO. The van der Waals surface area contributed by atoms with Crippen LogP contribution < -0.4 is 10.1 Å². The van der Waals surface area contributed by atoms with Crippen LogP contribution in [0.25, 0.3) is 0 Å². The zero-order valence-corrected chi connectivity index (χ0v) is 15.3. The Hall–Kier alpha value is -0.0600. The third-order valence-electron chi connectivity index (χ3n) is 3.28. The van der Waals surface area contributed by atoms with Crippen LogP contribution in [0, 0.1) is 11.8 Å². The van der Waals surface area contributed by atoms with E-state index in [-0.39, 0.29) is 0 Å². The average molecular weight is 393 g/mol. The molecule has 1 rings (SSSR count). The maximum absolute atomic E-state index is 5.58. The molecule has 0 aliphatic rings. The van der Waals surface area contributed by atoms with E-state index >= 15 is 0 Å². The second-order valence-corrected chi connectivity index (χ2v) is 6.88. The molecule has 0 aliphatic carbocycles. The molecule has 4 heteroatoms. The SMILES string of the molecule is CCOc1c(Br)cc(CNCC(C)C(C)C)cc1Br. The van der Waals surface area contributed by atoms with E-state index in [1.54, 1.807) is 0 Å². The van der Waals surface area contributed by atoms with Crippen molar-refractivity contribution in [2.45, 2.75) is 34.2 Å². The molecule has 0 aromatic heterocycles. The van der Waals surface area contributed by atoms with Gasteiger partial charge in [0, 0.05) is 6.54 Å². The van der Waals surface area contributed by atoms with E-state index in [1.165, 1.54) is 5.56 Å². The predicted octanol–water partition coefficient (Wildman–Crippen LogP) is 4.99. The Labute approximate surface area is 133 Å². The number of rotatable bonds is 7. The summed E-state index contributed by atoms with van der Waals surface area (Å²) < 4.78 is 7.58. The molecule has 2 nitrogen and oxygen atoms in total. The largest absolute Gasteiger partial charge is 0.492 e. The van der Waals surface area contributed by atoms with Gasteiger partial charge in [-0.2, -0.15) is 0 Å². The Morgan fingerprint density at radius 1 is 1.16 bits per heavy atom. The van der Waals surface area contributed by atoms with Gasteiger partial charge < -0.3 is 10.1 Å². The molecule has 0 spiro atoms. The second-order valence-electron chi connectivity index (χ2n) is 5.17. The first-order valence-electron chi connectivity index (χ1n) is 6.77. The summed E-state index contributed by atoms with van der Waals surface area (Å²) in [5.74, 6) is 2.28. The second kappa shape index (κ2) is 8.28. The van der Waals surface area contributed by atoms with E-state index in [1.807, 2.05) is 6.92 Å². The number of ether oxygens (including phenoxy) is 1. The van der Waals surface area contributed by atoms with Crippen LogP contribution in [0.5, 0.6) is 5.75 Å². The van der Waals surface area contributed by atoms with Crippen LogP contribution >= 0.6 is 31.9 Å². The van der Waals surface area contributed by atoms with Crippen molar-refractivity contribution in [3.05, 3.63) is 26.6 Å². The molecule has 0 saturated heterocycles. The average Bonchev–Trinajstić information content (AvgIpc) is 2.33. The van der Waals surface area contributed by atoms with Gasteiger partial charge in [0.15, 0.2) is 0 Å². The van der Waals surface area contributed by atoms with Gasteiger partial charge in [0.25, 0.3) is 0 Å². The number of halogens is 2. The highest BCUT2D eigenvalue weighted by atomic mass is 79.9. The molecule has 19 heavy (non-hydrogen) atoms. The van der Waals surface area contributed by atoms with E-state index in [4.69, 9.17) is 4.74 Å². The molecule has 0 saturated carbocycles. The van der Waals surface area contributed by atoms with Crippen molar-refractivity contribution in [1.29, 1.82) is 0 Å². The van der Waals surface area contributed by atoms with Crippen LogP contribution in [0.15, 0.2) is 21.1 Å². The Bertz CT molecular complexity index is 384. The maximum atomic E-state index is 5.58. The van der Waals surface area contributed by atoms with Gasteiger partial charge in [0.1, 0.15) is 5.75 Å². The Kier molecular flexibility index (Phi) is 7.40. The molecular weight excluding hydrogens is 370 g/mol. The summed E-state index contributed by atoms with van der Waals surface area (Å²) in [6.07, 6.45) is 0. The summed E-state index contributed by atoms with van der Waals surface area (Å²) in [5, 5.41) is 3.51. The van der Waals surface area contributed by atoms with Crippen LogP contribution in [0.1, 0.15) is 33.3 Å². The van der Waals surface area contributed by atoms with Crippen molar-refractivity contribution in [1.82, 2.24) is 5.32 Å². The summed E-state index contributed by atoms with van der Waals surface area (Å²) in [7, 11) is 0. The number of nitrogens with one attached hydrogen (secondary N) is 1. The first-order valence-corrected chi connectivity index (χ1v) is 8.35. The van der Waals surface area contributed by atoms with Gasteiger partial charge in [0.2, 0.25) is 0 Å². The van der Waals surface area contributed by atoms with Gasteiger partial charge >= 0.3 is 0 Å². The minimum absolute atomic E-state index is 0.667. The molecule has 1 unspecified atom stereocenters. The van der Waals surface area contributed by atoms with Gasteiger partial charge in [-0.1, -0.05) is 20.8 Å². The molecule has 1 N–H and O–H groups in total. The van der Waals surface area contributed by atoms with Crippen LogP contribution in [0.2, 0.25) is 0 Å². The summed E-state index contributed by atoms with van der Waals surface area (Å²) in [5.41, 5.74) is 1.25. The van der Waals surface area contributed by atoms with Gasteiger partial charge in [-0.05, 0) is 74.9 Å². The summed E-state index contributed by atoms with van der Waals surface area (Å²) >= 11 is 7.12. The number of hydrogen-bond acceptors (Lipinski definition) is 2. The van der Waals surface area contributed by atoms with E-state index in [0.717, 1.165) is 27.8 Å². The van der Waals surface area contributed by atoms with Crippen LogP contribution in [0.4, 0.5) is 0 Å². The normalized spacial score (nSPS) is 12.8. The van der Waals surface area contributed by atoms with E-state index in [0.29, 0.717) is 18.4 Å². The van der Waals surface area contributed by atoms with Gasteiger partial charge in [0.05, 0.1) is 15.6 Å². The van der Waals surface area contributed by atoms with Crippen molar-refractivity contribution >= 4 is 31.9 Å². The third-order valence-corrected chi connectivity index (χ3v) is 4.46. The highest BCUT2D eigenvalue weighted by Crippen LogP contribution is 2.34. The van der Waals surface area contributed by atoms with Crippen LogP contribution in [-0.4, -0.2) is 13.2 Å². The van der Waals surface area contributed by atoms with Gasteiger partial charge in [-0.25, -0.2) is 0 Å². The van der Waals surface area contributed by atoms with Crippen LogP contribution in [0.3, 0.4) is 0 Å². The Morgan fingerprint density at radius 3 is 2.21 bits per heavy atom. The van der Waals surface area contributed by atoms with E-state index in [2.05, 4.69) is 70.1 Å². The highest BCUT2D eigenvalue weighted by Gasteiger charge is 2.10. The smallest absolute Gasteiger partial charge is 0.147 e. The fourth-order valence-electron chi connectivity index (χ4n) is 1.68. The van der Waals surface area contributed by atoms with Gasteiger partial charge in [-0.3, -0.25) is 0 Å². The fourth-order valence-corrected chi connectivity index (χ4v) is 3.19. The molecule has 108 valence electrons.